The maximum absolute atomic E-state index is 13.1. The van der Waals surface area contributed by atoms with Crippen molar-refractivity contribution in [3.8, 4) is 0 Å². The quantitative estimate of drug-likeness (QED) is 0.309. The number of fused-ring (bicyclic) bond motifs is 2. The largest absolute Gasteiger partial charge is 0.390 e. The Morgan fingerprint density at radius 3 is 2.56 bits per heavy atom. The van der Waals surface area contributed by atoms with Crippen LogP contribution in [-0.4, -0.2) is 59.4 Å². The number of anilines is 1. The van der Waals surface area contributed by atoms with E-state index >= 15 is 0 Å². The van der Waals surface area contributed by atoms with E-state index in [2.05, 4.69) is 10.6 Å². The number of benzene rings is 3. The number of nitrogens with two attached hydrogens (primary N) is 1. The molecule has 0 saturated heterocycles. The Kier molecular flexibility index (Phi) is 9.27. The Labute approximate surface area is 233 Å². The first-order valence-electron chi connectivity index (χ1n) is 13.2. The smallest absolute Gasteiger partial charge is 0.243 e. The van der Waals surface area contributed by atoms with E-state index in [0.29, 0.717) is 6.42 Å². The molecule has 206 valence electrons. The molecule has 0 aliphatic carbocycles. The Bertz CT molecular complexity index is 1350. The van der Waals surface area contributed by atoms with Gasteiger partial charge in [0.2, 0.25) is 17.7 Å². The predicted molar refractivity (Wildman–Crippen MR) is 156 cm³/mol. The number of carbonyl (C=O) groups excluding carboxylic acids is 3. The minimum Gasteiger partial charge on any atom is -0.390 e. The number of aliphatic hydroxyl groups is 1. The Balaban J connectivity index is 1.47. The first kappa shape index (κ1) is 28.6. The van der Waals surface area contributed by atoms with E-state index in [0.717, 1.165) is 26.9 Å². The molecule has 3 aromatic carbocycles. The van der Waals surface area contributed by atoms with Crippen molar-refractivity contribution >= 4 is 45.9 Å². The lowest BCUT2D eigenvalue weighted by molar-refractivity contribution is -0.129. The van der Waals surface area contributed by atoms with E-state index in [-0.39, 0.29) is 49.0 Å². The molecule has 3 aromatic rings. The summed E-state index contributed by atoms with van der Waals surface area (Å²) in [6.45, 7) is 4.29. The molecule has 0 radical (unpaired) electrons. The van der Waals surface area contributed by atoms with Crippen molar-refractivity contribution in [2.45, 2.75) is 54.9 Å². The van der Waals surface area contributed by atoms with Crippen LogP contribution in [0.2, 0.25) is 0 Å². The number of thioether (sulfide) groups is 1. The molecular weight excluding hydrogens is 512 g/mol. The highest BCUT2D eigenvalue weighted by Crippen LogP contribution is 2.43. The summed E-state index contributed by atoms with van der Waals surface area (Å²) in [5, 5.41) is 17.5. The topological polar surface area (TPSA) is 125 Å². The lowest BCUT2D eigenvalue weighted by atomic mass is 10.0. The Morgan fingerprint density at radius 1 is 1.08 bits per heavy atom. The van der Waals surface area contributed by atoms with Gasteiger partial charge in [-0.3, -0.25) is 14.4 Å². The van der Waals surface area contributed by atoms with E-state index in [1.807, 2.05) is 80.6 Å². The van der Waals surface area contributed by atoms with Gasteiger partial charge in [0.15, 0.2) is 0 Å². The van der Waals surface area contributed by atoms with E-state index in [1.165, 1.54) is 0 Å². The molecule has 0 fully saturated rings. The fourth-order valence-electron chi connectivity index (χ4n) is 4.65. The highest BCUT2D eigenvalue weighted by Gasteiger charge is 2.33. The normalized spacial score (nSPS) is 16.2. The molecule has 0 saturated carbocycles. The SMILES string of the molecule is CC1(C)CC(=O)N(CCC(=O)N[C@H](Cc2ccc3ccccc3c2)C(=O)NCC(O)CN)c2ccccc2S1. The second kappa shape index (κ2) is 12.6. The molecule has 1 unspecified atom stereocenters. The number of aliphatic hydroxyl groups excluding tert-OH is 1. The fourth-order valence-corrected chi connectivity index (χ4v) is 5.88. The van der Waals surface area contributed by atoms with Gasteiger partial charge in [0.25, 0.3) is 0 Å². The van der Waals surface area contributed by atoms with E-state index in [9.17, 15) is 19.5 Å². The minimum absolute atomic E-state index is 0.00800. The van der Waals surface area contributed by atoms with Gasteiger partial charge < -0.3 is 26.4 Å². The third-order valence-electron chi connectivity index (χ3n) is 6.67. The lowest BCUT2D eigenvalue weighted by Crippen LogP contribution is -2.50. The van der Waals surface area contributed by atoms with Gasteiger partial charge in [0.05, 0.1) is 11.8 Å². The average molecular weight is 549 g/mol. The highest BCUT2D eigenvalue weighted by molar-refractivity contribution is 8.00. The van der Waals surface area contributed by atoms with Crippen LogP contribution in [0.15, 0.2) is 71.6 Å². The summed E-state index contributed by atoms with van der Waals surface area (Å²) in [5.41, 5.74) is 7.16. The standard InChI is InChI=1S/C30H36N4O4S/c1-30(2)17-28(37)34(25-9-5-6-10-26(25)39-30)14-13-27(36)33-24(29(38)32-19-23(35)18-31)16-20-11-12-21-7-3-4-8-22(21)15-20/h3-12,15,23-24,35H,13-14,16-19,31H2,1-2H3,(H,32,38)(H,33,36)/t23?,24-/m1/s1. The van der Waals surface area contributed by atoms with Crippen LogP contribution >= 0.6 is 11.8 Å². The molecule has 3 amide bonds. The van der Waals surface area contributed by atoms with Gasteiger partial charge in [-0.05, 0) is 42.3 Å². The number of nitrogens with one attached hydrogen (secondary N) is 2. The fraction of sp³-hybridized carbons (Fsp3) is 0.367. The van der Waals surface area contributed by atoms with Crippen molar-refractivity contribution < 1.29 is 19.5 Å². The number of rotatable bonds is 10. The molecule has 5 N–H and O–H groups in total. The minimum atomic E-state index is -0.873. The van der Waals surface area contributed by atoms with Crippen LogP contribution in [0.1, 0.15) is 32.3 Å². The molecule has 4 rings (SSSR count). The molecular formula is C30H36N4O4S. The molecule has 8 nitrogen and oxygen atoms in total. The second-order valence-electron chi connectivity index (χ2n) is 10.4. The zero-order valence-electron chi connectivity index (χ0n) is 22.4. The van der Waals surface area contributed by atoms with E-state index < -0.39 is 18.1 Å². The van der Waals surface area contributed by atoms with Gasteiger partial charge in [-0.2, -0.15) is 0 Å². The van der Waals surface area contributed by atoms with Crippen LogP contribution in [0.25, 0.3) is 10.8 Å². The van der Waals surface area contributed by atoms with Crippen LogP contribution in [-0.2, 0) is 20.8 Å². The molecule has 0 spiro atoms. The molecule has 2 atom stereocenters. The second-order valence-corrected chi connectivity index (χ2v) is 12.2. The predicted octanol–water partition coefficient (Wildman–Crippen LogP) is 3.00. The molecule has 39 heavy (non-hydrogen) atoms. The van der Waals surface area contributed by atoms with Crippen molar-refractivity contribution in [3.63, 3.8) is 0 Å². The number of amides is 3. The summed E-state index contributed by atoms with van der Waals surface area (Å²) in [5.74, 6) is -0.776. The van der Waals surface area contributed by atoms with E-state index in [4.69, 9.17) is 5.73 Å². The van der Waals surface area contributed by atoms with Crippen molar-refractivity contribution in [1.29, 1.82) is 0 Å². The van der Waals surface area contributed by atoms with Gasteiger partial charge in [0.1, 0.15) is 6.04 Å². The van der Waals surface area contributed by atoms with Crippen LogP contribution in [0.3, 0.4) is 0 Å². The van der Waals surface area contributed by atoms with Crippen molar-refractivity contribution in [2.75, 3.05) is 24.5 Å². The monoisotopic (exact) mass is 548 g/mol. The summed E-state index contributed by atoms with van der Waals surface area (Å²) < 4.78 is -0.263. The molecule has 0 aromatic heterocycles. The van der Waals surface area contributed by atoms with Gasteiger partial charge in [-0.1, -0.05) is 54.6 Å². The number of hydrogen-bond acceptors (Lipinski definition) is 6. The van der Waals surface area contributed by atoms with Gasteiger partial charge >= 0.3 is 0 Å². The Hall–Kier alpha value is -3.40. The van der Waals surface area contributed by atoms with Crippen molar-refractivity contribution in [3.05, 3.63) is 72.3 Å². The van der Waals surface area contributed by atoms with Crippen LogP contribution in [0, 0.1) is 0 Å². The first-order chi connectivity index (χ1) is 18.6. The summed E-state index contributed by atoms with van der Waals surface area (Å²) in [6, 6.07) is 20.7. The lowest BCUT2D eigenvalue weighted by Gasteiger charge is -2.24. The molecule has 0 bridgehead atoms. The summed E-state index contributed by atoms with van der Waals surface area (Å²) in [4.78, 5) is 42.0. The average Bonchev–Trinajstić information content (AvgIpc) is 3.01. The molecule has 1 aliphatic rings. The first-order valence-corrected chi connectivity index (χ1v) is 14.0. The third-order valence-corrected chi connectivity index (χ3v) is 7.93. The maximum Gasteiger partial charge on any atom is 0.243 e. The Morgan fingerprint density at radius 2 is 1.79 bits per heavy atom. The van der Waals surface area contributed by atoms with Gasteiger partial charge in [-0.15, -0.1) is 11.8 Å². The number of carbonyl (C=O) groups is 3. The summed E-state index contributed by atoms with van der Waals surface area (Å²) >= 11 is 1.66. The number of nitrogens with zero attached hydrogens (tertiary/aromatic N) is 1. The van der Waals surface area contributed by atoms with E-state index in [1.54, 1.807) is 16.7 Å². The summed E-state index contributed by atoms with van der Waals surface area (Å²) in [6.07, 6.45) is -0.206. The molecule has 9 heteroatoms. The maximum atomic E-state index is 13.1. The van der Waals surface area contributed by atoms with Gasteiger partial charge in [-0.25, -0.2) is 0 Å². The number of para-hydroxylation sites is 1. The third kappa shape index (κ3) is 7.59. The van der Waals surface area contributed by atoms with Gasteiger partial charge in [0, 0.05) is 48.5 Å². The zero-order valence-corrected chi connectivity index (χ0v) is 23.2. The molecule has 1 heterocycles. The summed E-state index contributed by atoms with van der Waals surface area (Å²) in [7, 11) is 0. The van der Waals surface area contributed by atoms with Crippen molar-refractivity contribution in [2.24, 2.45) is 5.73 Å². The number of hydrogen-bond donors (Lipinski definition) is 4. The van der Waals surface area contributed by atoms with Crippen LogP contribution < -0.4 is 21.3 Å². The van der Waals surface area contributed by atoms with Crippen LogP contribution in [0.4, 0.5) is 5.69 Å². The highest BCUT2D eigenvalue weighted by atomic mass is 32.2. The zero-order chi connectivity index (χ0) is 28.0. The van der Waals surface area contributed by atoms with Crippen LogP contribution in [0.5, 0.6) is 0 Å². The van der Waals surface area contributed by atoms with Crippen molar-refractivity contribution in [1.82, 2.24) is 10.6 Å². The molecule has 1 aliphatic heterocycles.